The molecular weight excluding hydrogens is 298 g/mol. The van der Waals surface area contributed by atoms with Gasteiger partial charge in [0, 0.05) is 36.5 Å². The van der Waals surface area contributed by atoms with Crippen LogP contribution in [0.4, 0.5) is 0 Å². The van der Waals surface area contributed by atoms with Gasteiger partial charge >= 0.3 is 5.97 Å². The molecule has 23 heavy (non-hydrogen) atoms. The third-order valence-electron chi connectivity index (χ3n) is 3.79. The van der Waals surface area contributed by atoms with Gasteiger partial charge in [-0.2, -0.15) is 0 Å². The highest BCUT2D eigenvalue weighted by Gasteiger charge is 2.39. The molecule has 2 atom stereocenters. The maximum Gasteiger partial charge on any atom is 0.320 e. The fourth-order valence-corrected chi connectivity index (χ4v) is 2.61. The maximum atomic E-state index is 12.3. The van der Waals surface area contributed by atoms with E-state index in [1.54, 1.807) is 13.1 Å². The number of rotatable bonds is 7. The summed E-state index contributed by atoms with van der Waals surface area (Å²) in [6.45, 7) is 2.05. The van der Waals surface area contributed by atoms with Gasteiger partial charge in [0.05, 0.1) is 0 Å². The van der Waals surface area contributed by atoms with Crippen LogP contribution < -0.4 is 11.1 Å². The summed E-state index contributed by atoms with van der Waals surface area (Å²) in [7, 11) is 0. The summed E-state index contributed by atoms with van der Waals surface area (Å²) < 4.78 is 0. The van der Waals surface area contributed by atoms with Crippen LogP contribution in [0, 0.1) is 0 Å². The molecule has 0 radical (unpaired) electrons. The Balaban J connectivity index is 2.33. The van der Waals surface area contributed by atoms with Gasteiger partial charge in [-0.25, -0.2) is 0 Å². The zero-order valence-electron chi connectivity index (χ0n) is 12.9. The Morgan fingerprint density at radius 2 is 2.09 bits per heavy atom. The number of fused-ring (bicyclic) bond motifs is 1. The van der Waals surface area contributed by atoms with Crippen molar-refractivity contribution in [1.29, 1.82) is 0 Å². The first-order valence-electron chi connectivity index (χ1n) is 7.41. The molecule has 0 bridgehead atoms. The molecule has 0 aliphatic heterocycles. The quantitative estimate of drug-likeness (QED) is 0.504. The molecular formula is C16H21N3O4. The molecule has 0 saturated heterocycles. The summed E-state index contributed by atoms with van der Waals surface area (Å²) >= 11 is 0. The van der Waals surface area contributed by atoms with Gasteiger partial charge in [0.1, 0.15) is 11.6 Å². The number of aromatic nitrogens is 1. The van der Waals surface area contributed by atoms with Crippen LogP contribution in [0.15, 0.2) is 30.5 Å². The molecule has 1 heterocycles. The molecule has 7 nitrogen and oxygen atoms in total. The molecule has 0 unspecified atom stereocenters. The van der Waals surface area contributed by atoms with Crippen LogP contribution in [-0.4, -0.2) is 45.3 Å². The number of carboxylic acid groups (broad SMARTS) is 1. The van der Waals surface area contributed by atoms with Gasteiger partial charge in [0.25, 0.3) is 5.91 Å². The number of benzene rings is 1. The second-order valence-corrected chi connectivity index (χ2v) is 5.58. The number of likely N-dealkylation sites (N-methyl/N-ethyl adjacent to an activating group) is 1. The minimum atomic E-state index is -1.89. The number of carbonyl (C=O) groups is 2. The van der Waals surface area contributed by atoms with Crippen molar-refractivity contribution in [2.24, 2.45) is 5.73 Å². The zero-order chi connectivity index (χ0) is 17.0. The smallest absolute Gasteiger partial charge is 0.320 e. The summed E-state index contributed by atoms with van der Waals surface area (Å²) in [4.78, 5) is 26.3. The second-order valence-electron chi connectivity index (χ2n) is 5.58. The van der Waals surface area contributed by atoms with E-state index in [0.717, 1.165) is 16.5 Å². The fourth-order valence-electron chi connectivity index (χ4n) is 2.61. The molecule has 124 valence electrons. The molecule has 0 spiro atoms. The standard InChI is InChI=1S/C16H21N3O4/c1-2-18-15(22)16(23,8-12(17)14(20)21)7-10-9-19-13-6-4-3-5-11(10)13/h3-6,9,12,19,23H,2,7-8,17H2,1H3,(H,18,22)(H,20,21)/t12-,16-/m1/s1. The number of nitrogens with two attached hydrogens (primary N) is 1. The summed E-state index contributed by atoms with van der Waals surface area (Å²) in [5.74, 6) is -1.88. The van der Waals surface area contributed by atoms with Gasteiger partial charge in [0.15, 0.2) is 0 Å². The first-order chi connectivity index (χ1) is 10.9. The Bertz CT molecular complexity index is 712. The van der Waals surface area contributed by atoms with E-state index < -0.39 is 23.5 Å². The van der Waals surface area contributed by atoms with Crippen LogP contribution in [0.2, 0.25) is 0 Å². The number of nitrogens with one attached hydrogen (secondary N) is 2. The summed E-state index contributed by atoms with van der Waals surface area (Å²) in [5.41, 5.74) is 5.25. The molecule has 7 heteroatoms. The highest BCUT2D eigenvalue weighted by atomic mass is 16.4. The van der Waals surface area contributed by atoms with Gasteiger partial charge in [-0.1, -0.05) is 18.2 Å². The molecule has 2 aromatic rings. The average molecular weight is 319 g/mol. The van der Waals surface area contributed by atoms with Crippen LogP contribution in [0.3, 0.4) is 0 Å². The lowest BCUT2D eigenvalue weighted by molar-refractivity contribution is -0.145. The number of hydrogen-bond donors (Lipinski definition) is 5. The fraction of sp³-hybridized carbons (Fsp3) is 0.375. The molecule has 1 aromatic carbocycles. The number of hydrogen-bond acceptors (Lipinski definition) is 4. The largest absolute Gasteiger partial charge is 0.480 e. The lowest BCUT2D eigenvalue weighted by Crippen LogP contribution is -2.53. The Kier molecular flexibility index (Phi) is 5.02. The van der Waals surface area contributed by atoms with Gasteiger partial charge < -0.3 is 26.2 Å². The van der Waals surface area contributed by atoms with Crippen molar-refractivity contribution in [3.05, 3.63) is 36.0 Å². The van der Waals surface area contributed by atoms with E-state index in [1.807, 2.05) is 24.3 Å². The number of aromatic amines is 1. The van der Waals surface area contributed by atoms with Crippen molar-refractivity contribution in [1.82, 2.24) is 10.3 Å². The Morgan fingerprint density at radius 3 is 2.74 bits per heavy atom. The third-order valence-corrected chi connectivity index (χ3v) is 3.79. The summed E-state index contributed by atoms with van der Waals surface area (Å²) in [6.07, 6.45) is 1.32. The molecule has 2 rings (SSSR count). The van der Waals surface area contributed by atoms with Crippen LogP contribution in [0.25, 0.3) is 10.9 Å². The topological polar surface area (TPSA) is 128 Å². The third kappa shape index (κ3) is 3.69. The van der Waals surface area contributed by atoms with E-state index in [2.05, 4.69) is 10.3 Å². The lowest BCUT2D eigenvalue weighted by atomic mass is 9.87. The van der Waals surface area contributed by atoms with E-state index >= 15 is 0 Å². The average Bonchev–Trinajstić information content (AvgIpc) is 2.90. The van der Waals surface area contributed by atoms with Gasteiger partial charge in [-0.3, -0.25) is 9.59 Å². The highest BCUT2D eigenvalue weighted by Crippen LogP contribution is 2.25. The van der Waals surface area contributed by atoms with Crippen molar-refractivity contribution in [2.75, 3.05) is 6.54 Å². The predicted octanol–water partition coefficient (Wildman–Crippen LogP) is 0.380. The molecule has 1 aromatic heterocycles. The van der Waals surface area contributed by atoms with E-state index in [0.29, 0.717) is 6.54 Å². The van der Waals surface area contributed by atoms with Crippen LogP contribution in [0.1, 0.15) is 18.9 Å². The van der Waals surface area contributed by atoms with Crippen molar-refractivity contribution in [3.8, 4) is 0 Å². The number of H-pyrrole nitrogens is 1. The molecule has 1 amide bonds. The molecule has 0 aliphatic rings. The van der Waals surface area contributed by atoms with E-state index in [9.17, 15) is 14.7 Å². The zero-order valence-corrected chi connectivity index (χ0v) is 12.9. The number of para-hydroxylation sites is 1. The minimum absolute atomic E-state index is 0.0240. The lowest BCUT2D eigenvalue weighted by Gasteiger charge is -2.28. The van der Waals surface area contributed by atoms with Gasteiger partial charge in [0.2, 0.25) is 0 Å². The summed E-state index contributed by atoms with van der Waals surface area (Å²) in [5, 5.41) is 23.2. The van der Waals surface area contributed by atoms with Gasteiger partial charge in [-0.05, 0) is 18.6 Å². The van der Waals surface area contributed by atoms with Crippen molar-refractivity contribution < 1.29 is 19.8 Å². The number of amides is 1. The van der Waals surface area contributed by atoms with Crippen LogP contribution in [-0.2, 0) is 16.0 Å². The van der Waals surface area contributed by atoms with Crippen LogP contribution >= 0.6 is 0 Å². The number of carbonyl (C=O) groups excluding carboxylic acids is 1. The normalized spacial score (nSPS) is 15.1. The SMILES string of the molecule is CCNC(=O)[C@@](O)(Cc1c[nH]c2ccccc12)C[C@@H](N)C(=O)O. The van der Waals surface area contributed by atoms with Crippen LogP contribution in [0.5, 0.6) is 0 Å². The Labute approximate surface area is 133 Å². The van der Waals surface area contributed by atoms with E-state index in [1.165, 1.54) is 0 Å². The number of aliphatic hydroxyl groups is 1. The Morgan fingerprint density at radius 1 is 1.39 bits per heavy atom. The highest BCUT2D eigenvalue weighted by molar-refractivity contribution is 5.89. The van der Waals surface area contributed by atoms with Gasteiger partial charge in [-0.15, -0.1) is 0 Å². The second kappa shape index (κ2) is 6.80. The maximum absolute atomic E-state index is 12.3. The van der Waals surface area contributed by atoms with E-state index in [-0.39, 0.29) is 12.8 Å². The van der Waals surface area contributed by atoms with Crippen molar-refractivity contribution in [3.63, 3.8) is 0 Å². The summed E-state index contributed by atoms with van der Waals surface area (Å²) in [6, 6.07) is 6.16. The Hall–Kier alpha value is -2.38. The first-order valence-corrected chi connectivity index (χ1v) is 7.41. The predicted molar refractivity (Wildman–Crippen MR) is 85.9 cm³/mol. The molecule has 0 aliphatic carbocycles. The van der Waals surface area contributed by atoms with Crippen molar-refractivity contribution in [2.45, 2.75) is 31.4 Å². The van der Waals surface area contributed by atoms with E-state index in [4.69, 9.17) is 10.8 Å². The first kappa shape index (κ1) is 17.0. The molecule has 0 fully saturated rings. The number of carboxylic acids is 1. The monoisotopic (exact) mass is 319 g/mol. The molecule has 6 N–H and O–H groups in total. The molecule has 0 saturated carbocycles. The number of aliphatic carboxylic acids is 1. The minimum Gasteiger partial charge on any atom is -0.480 e. The van der Waals surface area contributed by atoms with Crippen molar-refractivity contribution >= 4 is 22.8 Å².